The zero-order chi connectivity index (χ0) is 21.2. The van der Waals surface area contributed by atoms with E-state index in [1.807, 2.05) is 0 Å². The molecule has 0 radical (unpaired) electrons. The first kappa shape index (κ1) is 23.8. The quantitative estimate of drug-likeness (QED) is 0.167. The molecule has 1 aromatic rings. The minimum Gasteiger partial charge on any atom is -0.355 e. The Balaban J connectivity index is 2.70. The minimum atomic E-state index is -3.23. The van der Waals surface area contributed by atoms with Crippen LogP contribution in [0.2, 0.25) is 0 Å². The van der Waals surface area contributed by atoms with Crippen molar-refractivity contribution in [1.29, 1.82) is 0 Å². The van der Waals surface area contributed by atoms with E-state index in [2.05, 4.69) is 41.1 Å². The summed E-state index contributed by atoms with van der Waals surface area (Å²) in [5.41, 5.74) is 0.883. The second-order valence-electron chi connectivity index (χ2n) is 7.20. The van der Waals surface area contributed by atoms with Gasteiger partial charge in [0.2, 0.25) is 10.0 Å². The predicted molar refractivity (Wildman–Crippen MR) is 112 cm³/mol. The molecule has 0 saturated carbocycles. The molecular weight excluding hydrogens is 382 g/mol. The van der Waals surface area contributed by atoms with E-state index in [1.54, 1.807) is 12.1 Å². The van der Waals surface area contributed by atoms with Crippen LogP contribution in [0.4, 0.5) is 5.69 Å². The summed E-state index contributed by atoms with van der Waals surface area (Å²) < 4.78 is 24.7. The maximum atomic E-state index is 11.2. The zero-order valence-electron chi connectivity index (χ0n) is 16.9. The molecule has 1 unspecified atom stereocenters. The van der Waals surface area contributed by atoms with Crippen LogP contribution in [0.15, 0.2) is 29.3 Å². The standard InChI is InChI=1S/C18H31N5O4S/c1-14(2)5-6-15(3)22-18(19-11-12-21-28(4,26)27)20-13-16-7-9-17(10-8-16)23(24)25/h7-10,14-15,21H,5-6,11-13H2,1-4H3,(H2,19,20,22). The number of hydrogen-bond acceptors (Lipinski definition) is 5. The first-order valence-electron chi connectivity index (χ1n) is 9.29. The van der Waals surface area contributed by atoms with Crippen molar-refractivity contribution in [3.8, 4) is 0 Å². The molecule has 0 amide bonds. The Morgan fingerprint density at radius 3 is 2.32 bits per heavy atom. The number of guanidine groups is 1. The first-order chi connectivity index (χ1) is 13.1. The van der Waals surface area contributed by atoms with Crippen LogP contribution in [-0.2, 0) is 16.6 Å². The number of nitrogens with zero attached hydrogens (tertiary/aromatic N) is 2. The van der Waals surface area contributed by atoms with Gasteiger partial charge < -0.3 is 10.6 Å². The highest BCUT2D eigenvalue weighted by Gasteiger charge is 2.08. The third kappa shape index (κ3) is 10.8. The molecule has 10 heteroatoms. The number of nitrogens with one attached hydrogen (secondary N) is 3. The highest BCUT2D eigenvalue weighted by molar-refractivity contribution is 7.88. The Kier molecular flexibility index (Phi) is 9.88. The smallest absolute Gasteiger partial charge is 0.269 e. The number of sulfonamides is 1. The lowest BCUT2D eigenvalue weighted by Crippen LogP contribution is -2.45. The summed E-state index contributed by atoms with van der Waals surface area (Å²) in [6.45, 7) is 7.40. The van der Waals surface area contributed by atoms with Crippen molar-refractivity contribution in [2.24, 2.45) is 10.9 Å². The van der Waals surface area contributed by atoms with Gasteiger partial charge >= 0.3 is 0 Å². The molecule has 1 aromatic carbocycles. The fourth-order valence-electron chi connectivity index (χ4n) is 2.35. The van der Waals surface area contributed by atoms with E-state index in [1.165, 1.54) is 12.1 Å². The van der Waals surface area contributed by atoms with Crippen LogP contribution in [0.25, 0.3) is 0 Å². The van der Waals surface area contributed by atoms with Gasteiger partial charge in [-0.15, -0.1) is 0 Å². The molecular formula is C18H31N5O4S. The molecule has 0 aliphatic heterocycles. The molecule has 9 nitrogen and oxygen atoms in total. The van der Waals surface area contributed by atoms with Crippen LogP contribution in [-0.4, -0.2) is 44.7 Å². The second kappa shape index (κ2) is 11.6. The lowest BCUT2D eigenvalue weighted by Gasteiger charge is -2.19. The molecule has 0 saturated heterocycles. The number of non-ortho nitro benzene ring substituents is 1. The molecule has 0 bridgehead atoms. The number of rotatable bonds is 11. The zero-order valence-corrected chi connectivity index (χ0v) is 17.8. The Labute approximate surface area is 167 Å². The summed E-state index contributed by atoms with van der Waals surface area (Å²) >= 11 is 0. The number of aliphatic imine (C=N–C) groups is 1. The van der Waals surface area contributed by atoms with Crippen molar-refractivity contribution in [3.05, 3.63) is 39.9 Å². The van der Waals surface area contributed by atoms with Gasteiger partial charge in [0.05, 0.1) is 17.7 Å². The summed E-state index contributed by atoms with van der Waals surface area (Å²) in [6, 6.07) is 6.45. The SMILES string of the molecule is CC(C)CCC(C)NC(=NCc1ccc([N+](=O)[O-])cc1)NCCNS(C)(=O)=O. The van der Waals surface area contributed by atoms with Crippen molar-refractivity contribution in [2.75, 3.05) is 19.3 Å². The number of benzene rings is 1. The molecule has 28 heavy (non-hydrogen) atoms. The van der Waals surface area contributed by atoms with E-state index >= 15 is 0 Å². The van der Waals surface area contributed by atoms with Gasteiger partial charge in [0.25, 0.3) is 5.69 Å². The van der Waals surface area contributed by atoms with Gasteiger partial charge in [0, 0.05) is 31.3 Å². The summed E-state index contributed by atoms with van der Waals surface area (Å²) in [5.74, 6) is 1.18. The van der Waals surface area contributed by atoms with Gasteiger partial charge in [-0.2, -0.15) is 0 Å². The van der Waals surface area contributed by atoms with E-state index in [-0.39, 0.29) is 18.3 Å². The average Bonchev–Trinajstić information content (AvgIpc) is 2.60. The van der Waals surface area contributed by atoms with E-state index in [9.17, 15) is 18.5 Å². The normalized spacial score (nSPS) is 13.4. The topological polar surface area (TPSA) is 126 Å². The van der Waals surface area contributed by atoms with Crippen LogP contribution in [0.5, 0.6) is 0 Å². The third-order valence-corrected chi connectivity index (χ3v) is 4.64. The Bertz CT molecular complexity index is 748. The molecule has 1 atom stereocenters. The molecule has 1 rings (SSSR count). The molecule has 0 aliphatic carbocycles. The maximum absolute atomic E-state index is 11.2. The minimum absolute atomic E-state index is 0.0401. The lowest BCUT2D eigenvalue weighted by molar-refractivity contribution is -0.384. The van der Waals surface area contributed by atoms with Crippen molar-refractivity contribution in [3.63, 3.8) is 0 Å². The van der Waals surface area contributed by atoms with E-state index in [0.717, 1.165) is 24.7 Å². The fourth-order valence-corrected chi connectivity index (χ4v) is 2.83. The number of hydrogen-bond donors (Lipinski definition) is 3. The highest BCUT2D eigenvalue weighted by atomic mass is 32.2. The molecule has 0 fully saturated rings. The Morgan fingerprint density at radius 2 is 1.79 bits per heavy atom. The predicted octanol–water partition coefficient (Wildman–Crippen LogP) is 2.00. The number of nitro groups is 1. The summed E-state index contributed by atoms with van der Waals surface area (Å²) in [5, 5.41) is 17.2. The van der Waals surface area contributed by atoms with Gasteiger partial charge in [-0.1, -0.05) is 26.0 Å². The summed E-state index contributed by atoms with van der Waals surface area (Å²) in [6.07, 6.45) is 3.18. The van der Waals surface area contributed by atoms with E-state index in [0.29, 0.717) is 25.0 Å². The molecule has 0 heterocycles. The molecule has 3 N–H and O–H groups in total. The van der Waals surface area contributed by atoms with E-state index < -0.39 is 14.9 Å². The third-order valence-electron chi connectivity index (χ3n) is 3.91. The van der Waals surface area contributed by atoms with Crippen LogP contribution in [0.1, 0.15) is 39.2 Å². The average molecular weight is 414 g/mol. The monoisotopic (exact) mass is 413 g/mol. The van der Waals surface area contributed by atoms with Crippen molar-refractivity contribution < 1.29 is 13.3 Å². The van der Waals surface area contributed by atoms with Crippen molar-refractivity contribution >= 4 is 21.7 Å². The molecule has 158 valence electrons. The molecule has 0 aliphatic rings. The van der Waals surface area contributed by atoms with Gasteiger partial charge in [0.15, 0.2) is 5.96 Å². The van der Waals surface area contributed by atoms with Crippen molar-refractivity contribution in [1.82, 2.24) is 15.4 Å². The maximum Gasteiger partial charge on any atom is 0.269 e. The fraction of sp³-hybridized carbons (Fsp3) is 0.611. The van der Waals surface area contributed by atoms with Gasteiger partial charge in [-0.3, -0.25) is 10.1 Å². The summed E-state index contributed by atoms with van der Waals surface area (Å²) in [4.78, 5) is 14.8. The van der Waals surface area contributed by atoms with Crippen LogP contribution in [0.3, 0.4) is 0 Å². The highest BCUT2D eigenvalue weighted by Crippen LogP contribution is 2.12. The van der Waals surface area contributed by atoms with Crippen LogP contribution in [0, 0.1) is 16.0 Å². The van der Waals surface area contributed by atoms with E-state index in [4.69, 9.17) is 0 Å². The first-order valence-corrected chi connectivity index (χ1v) is 11.2. The van der Waals surface area contributed by atoms with Crippen LogP contribution >= 0.6 is 0 Å². The summed E-state index contributed by atoms with van der Waals surface area (Å²) in [7, 11) is -3.23. The van der Waals surface area contributed by atoms with Gasteiger partial charge in [-0.25, -0.2) is 18.1 Å². The van der Waals surface area contributed by atoms with Crippen molar-refractivity contribution in [2.45, 2.75) is 46.2 Å². The second-order valence-corrected chi connectivity index (χ2v) is 9.03. The lowest BCUT2D eigenvalue weighted by atomic mass is 10.0. The Morgan fingerprint density at radius 1 is 1.14 bits per heavy atom. The molecule has 0 aromatic heterocycles. The Hall–Kier alpha value is -2.20. The van der Waals surface area contributed by atoms with Gasteiger partial charge in [0.1, 0.15) is 0 Å². The van der Waals surface area contributed by atoms with Crippen LogP contribution < -0.4 is 15.4 Å². The molecule has 0 spiro atoms. The largest absolute Gasteiger partial charge is 0.355 e. The van der Waals surface area contributed by atoms with Gasteiger partial charge in [-0.05, 0) is 31.2 Å². The number of nitro benzene ring substituents is 1.